The number of aromatic nitrogens is 1. The normalized spacial score (nSPS) is 14.8. The Balaban J connectivity index is 0.000000196. The minimum absolute atomic E-state index is 0.422. The summed E-state index contributed by atoms with van der Waals surface area (Å²) in [6, 6.07) is 89.6. The van der Waals surface area contributed by atoms with Crippen molar-refractivity contribution >= 4 is 45.5 Å². The van der Waals surface area contributed by atoms with Gasteiger partial charge in [-0.1, -0.05) is 248 Å². The van der Waals surface area contributed by atoms with Crippen LogP contribution in [0.25, 0.3) is 60.9 Å². The lowest BCUT2D eigenvalue weighted by atomic mass is 9.65. The van der Waals surface area contributed by atoms with Crippen molar-refractivity contribution in [2.45, 2.75) is 38.6 Å². The number of benzene rings is 10. The van der Waals surface area contributed by atoms with E-state index >= 15 is 0 Å². The zero-order valence-corrected chi connectivity index (χ0v) is 42.5. The van der Waals surface area contributed by atoms with E-state index < -0.39 is 5.41 Å². The van der Waals surface area contributed by atoms with Gasteiger partial charge in [0.25, 0.3) is 0 Å². The van der Waals surface area contributed by atoms with Crippen molar-refractivity contribution in [1.82, 2.24) is 4.57 Å². The first kappa shape index (κ1) is 46.9. The van der Waals surface area contributed by atoms with Crippen molar-refractivity contribution in [2.24, 2.45) is 9.98 Å². The number of para-hydroxylation sites is 3. The molecule has 3 aliphatic rings. The van der Waals surface area contributed by atoms with Crippen LogP contribution in [0, 0.1) is 13.8 Å². The molecule has 0 saturated heterocycles. The monoisotopic (exact) mass is 963 g/mol. The van der Waals surface area contributed by atoms with Crippen LogP contribution in [0.2, 0.25) is 0 Å². The number of amidine groups is 1. The van der Waals surface area contributed by atoms with E-state index in [1.54, 1.807) is 0 Å². The minimum atomic E-state index is -0.422. The van der Waals surface area contributed by atoms with Crippen molar-refractivity contribution in [2.75, 3.05) is 0 Å². The SMILES string of the molecule is C=NC(=NCc1ccc(C)cc1)c1ccccc1.Cc1cccc2c1-c1cc(-c3ccc(C4=C(c5ccccc5)C=CCC4)cc3)ccc1C21c2ccccc2-n2c3ccccc3c3cccc1c32.c1ccccc1. The summed E-state index contributed by atoms with van der Waals surface area (Å²) in [5.41, 5.74) is 24.2. The maximum Gasteiger partial charge on any atom is 0.154 e. The van der Waals surface area contributed by atoms with Gasteiger partial charge >= 0.3 is 0 Å². The van der Waals surface area contributed by atoms with Gasteiger partial charge in [0.15, 0.2) is 5.84 Å². The Hall–Kier alpha value is -9.18. The second-order valence-corrected chi connectivity index (χ2v) is 19.7. The molecule has 1 atom stereocenters. The van der Waals surface area contributed by atoms with Crippen LogP contribution >= 0.6 is 0 Å². The van der Waals surface area contributed by atoms with E-state index in [0.717, 1.165) is 18.4 Å². The van der Waals surface area contributed by atoms with Crippen LogP contribution in [0.5, 0.6) is 0 Å². The van der Waals surface area contributed by atoms with Gasteiger partial charge in [0.2, 0.25) is 0 Å². The Bertz CT molecular complexity index is 3940. The van der Waals surface area contributed by atoms with Crippen LogP contribution in [0.15, 0.2) is 271 Å². The zero-order chi connectivity index (χ0) is 50.7. The summed E-state index contributed by atoms with van der Waals surface area (Å²) < 4.78 is 2.52. The highest BCUT2D eigenvalue weighted by atomic mass is 15.0. The van der Waals surface area contributed by atoms with E-state index in [1.807, 2.05) is 66.7 Å². The summed E-state index contributed by atoms with van der Waals surface area (Å²) in [6.45, 7) is 8.57. The Kier molecular flexibility index (Phi) is 12.7. The average molecular weight is 964 g/mol. The summed E-state index contributed by atoms with van der Waals surface area (Å²) in [6.07, 6.45) is 6.75. The fourth-order valence-corrected chi connectivity index (χ4v) is 11.8. The van der Waals surface area contributed by atoms with Crippen LogP contribution in [-0.4, -0.2) is 17.1 Å². The van der Waals surface area contributed by atoms with Gasteiger partial charge in [0.1, 0.15) is 0 Å². The average Bonchev–Trinajstić information content (AvgIpc) is 4.17. The van der Waals surface area contributed by atoms with Crippen molar-refractivity contribution in [3.05, 3.63) is 317 Å². The molecule has 10 aromatic carbocycles. The lowest BCUT2D eigenvalue weighted by Crippen LogP contribution is -2.33. The summed E-state index contributed by atoms with van der Waals surface area (Å²) in [4.78, 5) is 8.49. The molecular weight excluding hydrogens is 907 g/mol. The van der Waals surface area contributed by atoms with Crippen molar-refractivity contribution < 1.29 is 0 Å². The third-order valence-corrected chi connectivity index (χ3v) is 15.2. The highest BCUT2D eigenvalue weighted by Crippen LogP contribution is 2.62. The van der Waals surface area contributed by atoms with Gasteiger partial charge in [0.05, 0.1) is 28.7 Å². The molecule has 3 nitrogen and oxygen atoms in total. The Morgan fingerprint density at radius 3 is 1.89 bits per heavy atom. The molecular formula is C72H57N3. The second-order valence-electron chi connectivity index (χ2n) is 19.7. The van der Waals surface area contributed by atoms with E-state index in [1.165, 1.54) is 111 Å². The van der Waals surface area contributed by atoms with Crippen LogP contribution in [0.4, 0.5) is 0 Å². The van der Waals surface area contributed by atoms with Gasteiger partial charge in [-0.3, -0.25) is 4.99 Å². The molecule has 0 amide bonds. The zero-order valence-electron chi connectivity index (χ0n) is 42.5. The molecule has 1 aromatic heterocycles. The first-order chi connectivity index (χ1) is 37.0. The van der Waals surface area contributed by atoms with E-state index in [4.69, 9.17) is 0 Å². The fourth-order valence-electron chi connectivity index (χ4n) is 11.8. The molecule has 11 aromatic rings. The Labute approximate surface area is 440 Å². The van der Waals surface area contributed by atoms with Gasteiger partial charge in [-0.2, -0.15) is 0 Å². The minimum Gasteiger partial charge on any atom is -0.309 e. The Morgan fingerprint density at radius 2 is 1.13 bits per heavy atom. The molecule has 0 saturated carbocycles. The molecule has 1 aliphatic heterocycles. The van der Waals surface area contributed by atoms with E-state index in [0.29, 0.717) is 12.4 Å². The van der Waals surface area contributed by atoms with Crippen LogP contribution in [0.1, 0.15) is 68.5 Å². The van der Waals surface area contributed by atoms with Crippen LogP contribution in [0.3, 0.4) is 0 Å². The molecule has 1 unspecified atom stereocenters. The van der Waals surface area contributed by atoms with E-state index in [9.17, 15) is 0 Å². The summed E-state index contributed by atoms with van der Waals surface area (Å²) in [5, 5.41) is 2.62. The van der Waals surface area contributed by atoms with E-state index in [2.05, 4.69) is 229 Å². The highest BCUT2D eigenvalue weighted by Gasteiger charge is 2.51. The third kappa shape index (κ3) is 8.47. The van der Waals surface area contributed by atoms with Crippen LogP contribution < -0.4 is 0 Å². The molecule has 360 valence electrons. The third-order valence-electron chi connectivity index (χ3n) is 15.2. The number of hydrogen-bond donors (Lipinski definition) is 0. The lowest BCUT2D eigenvalue weighted by molar-refractivity contribution is 0.748. The standard InChI is InChI=1S/C50H35N.C16H16N2.C6H6/c1-32-13-11-21-44-48(32)41-31-36(33-25-27-35(28-26-33)38-17-6-5-16-37(38)34-14-3-2-4-15-34)29-30-42(41)50(44)43-20-8-10-24-47(43)51-46-23-9-7-18-39(46)40-19-12-22-45(50)49(40)51;1-13-8-10-14(11-9-13)12-18-16(17-2)15-6-4-3-5-7-15;1-2-4-6-5-3-1/h2-5,7-16,18-31H,6,17H2,1H3;3-11H,2,12H2,1H3;1-6H. The predicted octanol–water partition coefficient (Wildman–Crippen LogP) is 18.0. The van der Waals surface area contributed by atoms with Crippen molar-refractivity contribution in [3.63, 3.8) is 0 Å². The number of fused-ring (bicyclic) bond motifs is 12. The van der Waals surface area contributed by atoms with Crippen LogP contribution in [-0.2, 0) is 12.0 Å². The summed E-state index contributed by atoms with van der Waals surface area (Å²) in [5.74, 6) is 0.691. The first-order valence-electron chi connectivity index (χ1n) is 26.1. The summed E-state index contributed by atoms with van der Waals surface area (Å²) >= 11 is 0. The predicted molar refractivity (Wildman–Crippen MR) is 317 cm³/mol. The smallest absolute Gasteiger partial charge is 0.154 e. The number of aryl methyl sites for hydroxylation is 2. The van der Waals surface area contributed by atoms with E-state index in [-0.39, 0.29) is 0 Å². The quantitative estimate of drug-likeness (QED) is 0.117. The molecule has 2 aliphatic carbocycles. The topological polar surface area (TPSA) is 29.6 Å². The number of aliphatic imine (C=N–C) groups is 2. The molecule has 0 fully saturated rings. The lowest BCUT2D eigenvalue weighted by Gasteiger charge is -2.39. The van der Waals surface area contributed by atoms with Gasteiger partial charge in [-0.05, 0) is 130 Å². The molecule has 2 heterocycles. The highest BCUT2D eigenvalue weighted by molar-refractivity contribution is 6.13. The molecule has 3 heteroatoms. The molecule has 14 rings (SSSR count). The number of nitrogens with zero attached hydrogens (tertiary/aromatic N) is 3. The summed E-state index contributed by atoms with van der Waals surface area (Å²) in [7, 11) is 0. The first-order valence-corrected chi connectivity index (χ1v) is 26.1. The van der Waals surface area contributed by atoms with Gasteiger partial charge in [0, 0.05) is 16.3 Å². The molecule has 1 spiro atoms. The molecule has 75 heavy (non-hydrogen) atoms. The van der Waals surface area contributed by atoms with Gasteiger partial charge in [-0.15, -0.1) is 0 Å². The Morgan fingerprint density at radius 1 is 0.520 bits per heavy atom. The van der Waals surface area contributed by atoms with Crippen molar-refractivity contribution in [3.8, 4) is 27.9 Å². The maximum absolute atomic E-state index is 4.50. The molecule has 0 bridgehead atoms. The molecule has 0 radical (unpaired) electrons. The van der Waals surface area contributed by atoms with Gasteiger partial charge < -0.3 is 4.57 Å². The maximum atomic E-state index is 4.50. The largest absolute Gasteiger partial charge is 0.309 e. The second kappa shape index (κ2) is 20.4. The van der Waals surface area contributed by atoms with Gasteiger partial charge in [-0.25, -0.2) is 4.99 Å². The number of allylic oxidation sites excluding steroid dienone is 4. The fraction of sp³-hybridized carbons (Fsp3) is 0.0833. The number of hydrogen-bond acceptors (Lipinski definition) is 1. The number of rotatable bonds is 6. The van der Waals surface area contributed by atoms with Crippen molar-refractivity contribution in [1.29, 1.82) is 0 Å². The molecule has 0 N–H and O–H groups in total.